The van der Waals surface area contributed by atoms with Gasteiger partial charge in [-0.3, -0.25) is 9.48 Å². The Morgan fingerprint density at radius 1 is 1.44 bits per heavy atom. The Hall–Kier alpha value is -1.99. The molecule has 2 aromatic heterocycles. The number of rotatable bonds is 5. The average Bonchev–Trinajstić information content (AvgIpc) is 2.88. The molecule has 0 saturated carbocycles. The number of aliphatic hydroxyl groups is 1. The number of nitrogens with zero attached hydrogens (tertiary/aromatic N) is 4. The quantitative estimate of drug-likeness (QED) is 0.848. The molecule has 25 heavy (non-hydrogen) atoms. The van der Waals surface area contributed by atoms with Crippen LogP contribution in [0.4, 0.5) is 0 Å². The monoisotopic (exact) mass is 345 g/mol. The third-order valence-electron chi connectivity index (χ3n) is 4.97. The van der Waals surface area contributed by atoms with Gasteiger partial charge in [-0.15, -0.1) is 0 Å². The zero-order valence-electron chi connectivity index (χ0n) is 15.2. The topological polar surface area (TPSA) is 83.3 Å². The number of fused-ring (bicyclic) bond motifs is 1. The fourth-order valence-electron chi connectivity index (χ4n) is 3.35. The van der Waals surface area contributed by atoms with Crippen LogP contribution in [0.2, 0.25) is 0 Å². The molecule has 1 saturated heterocycles. The molecule has 1 atom stereocenters. The van der Waals surface area contributed by atoms with Crippen molar-refractivity contribution in [2.24, 2.45) is 13.0 Å². The van der Waals surface area contributed by atoms with E-state index < -0.39 is 6.10 Å². The van der Waals surface area contributed by atoms with Gasteiger partial charge in [-0.25, -0.2) is 4.98 Å². The number of likely N-dealkylation sites (tertiary alicyclic amines) is 1. The summed E-state index contributed by atoms with van der Waals surface area (Å²) >= 11 is 0. The summed E-state index contributed by atoms with van der Waals surface area (Å²) in [7, 11) is 1.83. The van der Waals surface area contributed by atoms with E-state index >= 15 is 0 Å². The van der Waals surface area contributed by atoms with Crippen LogP contribution in [0.3, 0.4) is 0 Å². The Labute approximate surface area is 148 Å². The van der Waals surface area contributed by atoms with Gasteiger partial charge in [0.2, 0.25) is 0 Å². The number of pyridine rings is 1. The normalized spacial score (nSPS) is 17.8. The number of carbonyl (C=O) groups excluding carboxylic acids is 1. The van der Waals surface area contributed by atoms with Crippen molar-refractivity contribution in [2.75, 3.05) is 26.2 Å². The summed E-state index contributed by atoms with van der Waals surface area (Å²) < 4.78 is 1.70. The molecule has 1 fully saturated rings. The number of aromatic nitrogens is 3. The maximum absolute atomic E-state index is 12.3. The highest BCUT2D eigenvalue weighted by molar-refractivity contribution is 5.97. The number of aryl methyl sites for hydroxylation is 2. The van der Waals surface area contributed by atoms with E-state index in [4.69, 9.17) is 0 Å². The Kier molecular flexibility index (Phi) is 5.34. The predicted octanol–water partition coefficient (Wildman–Crippen LogP) is 1.10. The number of β-amino-alcohol motifs (C(OH)–C–C–N with tert-alkyl or cyclic N) is 1. The van der Waals surface area contributed by atoms with Gasteiger partial charge in [-0.05, 0) is 44.8 Å². The molecule has 2 N–H and O–H groups in total. The average molecular weight is 345 g/mol. The highest BCUT2D eigenvalue weighted by Gasteiger charge is 2.19. The summed E-state index contributed by atoms with van der Waals surface area (Å²) in [6.45, 7) is 7.05. The van der Waals surface area contributed by atoms with E-state index in [1.807, 2.05) is 14.0 Å². The molecule has 1 aliphatic heterocycles. The van der Waals surface area contributed by atoms with Gasteiger partial charge in [-0.1, -0.05) is 6.92 Å². The molecule has 1 aliphatic rings. The summed E-state index contributed by atoms with van der Waals surface area (Å²) in [6.07, 6.45) is 3.34. The summed E-state index contributed by atoms with van der Waals surface area (Å²) in [5.41, 5.74) is 2.09. The minimum absolute atomic E-state index is 0.219. The van der Waals surface area contributed by atoms with Gasteiger partial charge in [0.1, 0.15) is 0 Å². The lowest BCUT2D eigenvalue weighted by Crippen LogP contribution is -2.43. The first-order valence-electron chi connectivity index (χ1n) is 8.92. The van der Waals surface area contributed by atoms with Gasteiger partial charge in [-0.2, -0.15) is 5.10 Å². The van der Waals surface area contributed by atoms with Gasteiger partial charge in [0.25, 0.3) is 5.91 Å². The van der Waals surface area contributed by atoms with Crippen LogP contribution in [0.5, 0.6) is 0 Å². The summed E-state index contributed by atoms with van der Waals surface area (Å²) in [4.78, 5) is 18.9. The van der Waals surface area contributed by atoms with Gasteiger partial charge in [0, 0.05) is 31.7 Å². The Morgan fingerprint density at radius 3 is 2.88 bits per heavy atom. The van der Waals surface area contributed by atoms with Gasteiger partial charge < -0.3 is 15.3 Å². The number of hydrogen-bond donors (Lipinski definition) is 2. The van der Waals surface area contributed by atoms with Crippen molar-refractivity contribution in [3.8, 4) is 0 Å². The first kappa shape index (κ1) is 17.8. The van der Waals surface area contributed by atoms with Crippen LogP contribution < -0.4 is 5.32 Å². The second-order valence-corrected chi connectivity index (χ2v) is 7.15. The number of aliphatic hydroxyl groups excluding tert-OH is 1. The fourth-order valence-corrected chi connectivity index (χ4v) is 3.35. The smallest absolute Gasteiger partial charge is 0.252 e. The van der Waals surface area contributed by atoms with Crippen LogP contribution in [0, 0.1) is 12.8 Å². The zero-order valence-corrected chi connectivity index (χ0v) is 15.2. The molecule has 0 aliphatic carbocycles. The Morgan fingerprint density at radius 2 is 2.16 bits per heavy atom. The third-order valence-corrected chi connectivity index (χ3v) is 4.97. The van der Waals surface area contributed by atoms with Crippen LogP contribution >= 0.6 is 0 Å². The van der Waals surface area contributed by atoms with Crippen LogP contribution in [-0.2, 0) is 7.05 Å². The van der Waals surface area contributed by atoms with E-state index in [2.05, 4.69) is 27.2 Å². The molecular formula is C18H27N5O2. The lowest BCUT2D eigenvalue weighted by molar-refractivity contribution is 0.0795. The fraction of sp³-hybridized carbons (Fsp3) is 0.611. The van der Waals surface area contributed by atoms with Crippen LogP contribution in [-0.4, -0.2) is 63.0 Å². The minimum Gasteiger partial charge on any atom is -0.390 e. The van der Waals surface area contributed by atoms with Crippen molar-refractivity contribution in [1.82, 2.24) is 25.0 Å². The Balaban J connectivity index is 1.54. The van der Waals surface area contributed by atoms with E-state index in [1.165, 1.54) is 12.8 Å². The van der Waals surface area contributed by atoms with E-state index in [0.29, 0.717) is 12.1 Å². The minimum atomic E-state index is -0.561. The number of amides is 1. The molecule has 1 amide bonds. The van der Waals surface area contributed by atoms with Crippen molar-refractivity contribution in [2.45, 2.75) is 32.8 Å². The largest absolute Gasteiger partial charge is 0.390 e. The summed E-state index contributed by atoms with van der Waals surface area (Å²) in [6, 6.07) is 1.80. The predicted molar refractivity (Wildman–Crippen MR) is 96.4 cm³/mol. The van der Waals surface area contributed by atoms with E-state index in [1.54, 1.807) is 16.9 Å². The lowest BCUT2D eigenvalue weighted by atomic mass is 9.99. The Bertz CT molecular complexity index is 749. The van der Waals surface area contributed by atoms with Gasteiger partial charge in [0.05, 0.1) is 17.4 Å². The molecule has 2 aromatic rings. The van der Waals surface area contributed by atoms with E-state index in [9.17, 15) is 9.90 Å². The zero-order chi connectivity index (χ0) is 18.0. The van der Waals surface area contributed by atoms with Crippen molar-refractivity contribution < 1.29 is 9.90 Å². The van der Waals surface area contributed by atoms with Crippen molar-refractivity contribution in [3.63, 3.8) is 0 Å². The second-order valence-electron chi connectivity index (χ2n) is 7.15. The van der Waals surface area contributed by atoms with Gasteiger partial charge in [0.15, 0.2) is 5.65 Å². The number of carbonyl (C=O) groups is 1. The third kappa shape index (κ3) is 4.16. The van der Waals surface area contributed by atoms with E-state index in [-0.39, 0.29) is 12.5 Å². The molecule has 7 heteroatoms. The molecule has 0 bridgehead atoms. The molecule has 0 spiro atoms. The van der Waals surface area contributed by atoms with E-state index in [0.717, 1.165) is 35.7 Å². The molecule has 1 unspecified atom stereocenters. The van der Waals surface area contributed by atoms with Crippen molar-refractivity contribution in [3.05, 3.63) is 23.5 Å². The van der Waals surface area contributed by atoms with Crippen molar-refractivity contribution >= 4 is 16.9 Å². The first-order valence-corrected chi connectivity index (χ1v) is 8.92. The summed E-state index contributed by atoms with van der Waals surface area (Å²) in [5, 5.41) is 18.2. The number of piperidine rings is 1. The summed E-state index contributed by atoms with van der Waals surface area (Å²) in [5.74, 6) is 0.551. The standard InChI is InChI=1S/C18H27N5O2/c1-12-4-6-23(7-5-12)11-15(24)10-20-18(25)14-8-16-13(2)21-22(3)17(16)19-9-14/h8-9,12,15,24H,4-7,10-11H2,1-3H3,(H,20,25). The molecule has 0 radical (unpaired) electrons. The van der Waals surface area contributed by atoms with Crippen LogP contribution in [0.1, 0.15) is 35.8 Å². The molecule has 7 nitrogen and oxygen atoms in total. The second kappa shape index (κ2) is 7.49. The highest BCUT2D eigenvalue weighted by Crippen LogP contribution is 2.17. The molecule has 0 aromatic carbocycles. The lowest BCUT2D eigenvalue weighted by Gasteiger charge is -2.31. The van der Waals surface area contributed by atoms with Gasteiger partial charge >= 0.3 is 0 Å². The SMILES string of the molecule is Cc1nn(C)c2ncc(C(=O)NCC(O)CN3CCC(C)CC3)cc12. The van der Waals surface area contributed by atoms with Crippen LogP contribution in [0.25, 0.3) is 11.0 Å². The number of nitrogens with one attached hydrogen (secondary N) is 1. The molecular weight excluding hydrogens is 318 g/mol. The highest BCUT2D eigenvalue weighted by atomic mass is 16.3. The maximum Gasteiger partial charge on any atom is 0.252 e. The molecule has 3 rings (SSSR count). The van der Waals surface area contributed by atoms with Crippen molar-refractivity contribution in [1.29, 1.82) is 0 Å². The maximum atomic E-state index is 12.3. The molecule has 3 heterocycles. The number of hydrogen-bond acceptors (Lipinski definition) is 5. The van der Waals surface area contributed by atoms with Crippen LogP contribution in [0.15, 0.2) is 12.3 Å². The molecule has 136 valence electrons. The first-order chi connectivity index (χ1) is 11.9.